The van der Waals surface area contributed by atoms with Gasteiger partial charge in [-0.2, -0.15) is 0 Å². The average Bonchev–Trinajstić information content (AvgIpc) is 3.83. The van der Waals surface area contributed by atoms with Crippen molar-refractivity contribution in [2.24, 2.45) is 0 Å². The van der Waals surface area contributed by atoms with E-state index in [-0.39, 0.29) is 0 Å². The van der Waals surface area contributed by atoms with E-state index in [9.17, 15) is 0 Å². The first kappa shape index (κ1) is 31.9. The van der Waals surface area contributed by atoms with Crippen molar-refractivity contribution in [1.29, 1.82) is 0 Å². The highest BCUT2D eigenvalue weighted by Gasteiger charge is 2.16. The summed E-state index contributed by atoms with van der Waals surface area (Å²) in [4.78, 5) is 14.9. The number of hydrogen-bond donors (Lipinski definition) is 0. The summed E-state index contributed by atoms with van der Waals surface area (Å²) in [6.07, 6.45) is 2.17. The molecule has 56 heavy (non-hydrogen) atoms. The van der Waals surface area contributed by atoms with E-state index in [1.54, 1.807) is 0 Å². The highest BCUT2D eigenvalue weighted by Crippen LogP contribution is 2.38. The summed E-state index contributed by atoms with van der Waals surface area (Å²) in [5, 5.41) is 6.13. The maximum atomic E-state index is 5.00. The van der Waals surface area contributed by atoms with Gasteiger partial charge in [0.25, 0.3) is 0 Å². The van der Waals surface area contributed by atoms with Gasteiger partial charge in [0, 0.05) is 50.4 Å². The predicted molar refractivity (Wildman–Crippen MR) is 230 cm³/mol. The summed E-state index contributed by atoms with van der Waals surface area (Å²) >= 11 is 0. The molecule has 0 atom stereocenters. The van der Waals surface area contributed by atoms with E-state index in [4.69, 9.17) is 15.0 Å². The molecule has 11 rings (SSSR count). The van der Waals surface area contributed by atoms with Crippen LogP contribution >= 0.6 is 0 Å². The summed E-state index contributed by atoms with van der Waals surface area (Å²) in [6.45, 7) is 0. The average molecular weight is 716 g/mol. The van der Waals surface area contributed by atoms with Gasteiger partial charge in [-0.15, -0.1) is 0 Å². The molecular formula is C51H33N5. The van der Waals surface area contributed by atoms with Crippen molar-refractivity contribution in [3.05, 3.63) is 200 Å². The fourth-order valence-corrected chi connectivity index (χ4v) is 8.04. The highest BCUT2D eigenvalue weighted by atomic mass is 15.0. The van der Waals surface area contributed by atoms with E-state index < -0.39 is 0 Å². The fraction of sp³-hybridized carbons (Fsp3) is 0. The molecule has 3 aromatic heterocycles. The van der Waals surface area contributed by atoms with Crippen LogP contribution in [0.4, 0.5) is 0 Å². The Morgan fingerprint density at radius 1 is 0.304 bits per heavy atom. The van der Waals surface area contributed by atoms with E-state index in [0.717, 1.165) is 39.2 Å². The first-order chi connectivity index (χ1) is 27.7. The molecule has 0 aliphatic carbocycles. The van der Waals surface area contributed by atoms with Gasteiger partial charge >= 0.3 is 0 Å². The van der Waals surface area contributed by atoms with Crippen molar-refractivity contribution in [2.45, 2.75) is 0 Å². The van der Waals surface area contributed by atoms with Gasteiger partial charge in [0.15, 0.2) is 17.5 Å². The lowest BCUT2D eigenvalue weighted by Gasteiger charge is -2.12. The first-order valence-electron chi connectivity index (χ1n) is 18.9. The minimum absolute atomic E-state index is 0.637. The summed E-state index contributed by atoms with van der Waals surface area (Å²) in [5.41, 5.74) is 10.8. The van der Waals surface area contributed by atoms with Crippen LogP contribution in [0.2, 0.25) is 0 Å². The summed E-state index contributed by atoms with van der Waals surface area (Å²) in [7, 11) is 0. The van der Waals surface area contributed by atoms with Gasteiger partial charge in [-0.1, -0.05) is 127 Å². The second-order valence-electron chi connectivity index (χ2n) is 14.2. The van der Waals surface area contributed by atoms with Crippen LogP contribution in [0.25, 0.3) is 100 Å². The zero-order chi connectivity index (χ0) is 37.0. The molecule has 262 valence electrons. The van der Waals surface area contributed by atoms with E-state index in [2.05, 4.69) is 149 Å². The van der Waals surface area contributed by atoms with E-state index in [0.29, 0.717) is 17.5 Å². The molecule has 0 radical (unpaired) electrons. The zero-order valence-corrected chi connectivity index (χ0v) is 30.3. The molecule has 0 saturated heterocycles. The van der Waals surface area contributed by atoms with Gasteiger partial charge in [0.2, 0.25) is 0 Å². The van der Waals surface area contributed by atoms with E-state index in [1.165, 1.54) is 43.5 Å². The topological polar surface area (TPSA) is 48.5 Å². The number of fused-ring (bicyclic) bond motifs is 5. The Kier molecular flexibility index (Phi) is 7.42. The van der Waals surface area contributed by atoms with E-state index >= 15 is 0 Å². The Balaban J connectivity index is 1.04. The Hall–Kier alpha value is -7.63. The second kappa shape index (κ2) is 13.0. The van der Waals surface area contributed by atoms with Gasteiger partial charge in [-0.05, 0) is 88.6 Å². The number of rotatable bonds is 6. The SMILES string of the molecule is c1ccc(-c2nc(-c3ccccc3)nc(-c3cccc(-c4cccc(-n5c6ccccc6c6cc7cc8ccn(-c9ccccc9)c8cc7cc65)c4)c3)n2)cc1. The quantitative estimate of drug-likeness (QED) is 0.172. The third-order valence-corrected chi connectivity index (χ3v) is 10.7. The molecule has 0 saturated carbocycles. The Morgan fingerprint density at radius 2 is 0.839 bits per heavy atom. The molecule has 0 N–H and O–H groups in total. The molecule has 11 aromatic rings. The largest absolute Gasteiger partial charge is 0.317 e. The maximum absolute atomic E-state index is 5.00. The van der Waals surface area contributed by atoms with Crippen LogP contribution in [0.5, 0.6) is 0 Å². The van der Waals surface area contributed by atoms with Gasteiger partial charge in [-0.3, -0.25) is 0 Å². The Morgan fingerprint density at radius 3 is 1.57 bits per heavy atom. The molecule has 3 heterocycles. The molecule has 0 bridgehead atoms. The van der Waals surface area contributed by atoms with Gasteiger partial charge < -0.3 is 9.13 Å². The number of aromatic nitrogens is 5. The molecule has 0 fully saturated rings. The zero-order valence-electron chi connectivity index (χ0n) is 30.3. The van der Waals surface area contributed by atoms with Crippen LogP contribution in [0.15, 0.2) is 200 Å². The van der Waals surface area contributed by atoms with Crippen molar-refractivity contribution in [3.8, 4) is 56.7 Å². The van der Waals surface area contributed by atoms with Crippen molar-refractivity contribution >= 4 is 43.5 Å². The summed E-state index contributed by atoms with van der Waals surface area (Å²) in [6, 6.07) is 68.4. The lowest BCUT2D eigenvalue weighted by molar-refractivity contribution is 1.07. The molecule has 0 aliphatic heterocycles. The van der Waals surface area contributed by atoms with Crippen LogP contribution < -0.4 is 0 Å². The minimum Gasteiger partial charge on any atom is -0.317 e. The Bertz CT molecular complexity index is 3180. The van der Waals surface area contributed by atoms with Crippen LogP contribution in [0.3, 0.4) is 0 Å². The number of hydrogen-bond acceptors (Lipinski definition) is 3. The Labute approximate surface area is 323 Å². The molecule has 0 spiro atoms. The van der Waals surface area contributed by atoms with Crippen molar-refractivity contribution in [2.75, 3.05) is 0 Å². The summed E-state index contributed by atoms with van der Waals surface area (Å²) < 4.78 is 4.68. The lowest BCUT2D eigenvalue weighted by atomic mass is 10.0. The number of para-hydroxylation sites is 2. The second-order valence-corrected chi connectivity index (χ2v) is 14.2. The smallest absolute Gasteiger partial charge is 0.164 e. The molecule has 5 nitrogen and oxygen atoms in total. The van der Waals surface area contributed by atoms with Crippen LogP contribution in [0, 0.1) is 0 Å². The minimum atomic E-state index is 0.637. The van der Waals surface area contributed by atoms with Gasteiger partial charge in [0.05, 0.1) is 16.6 Å². The van der Waals surface area contributed by atoms with Gasteiger partial charge in [-0.25, -0.2) is 15.0 Å². The van der Waals surface area contributed by atoms with Gasteiger partial charge in [0.1, 0.15) is 0 Å². The van der Waals surface area contributed by atoms with Crippen LogP contribution in [0.1, 0.15) is 0 Å². The maximum Gasteiger partial charge on any atom is 0.164 e. The normalized spacial score (nSPS) is 11.6. The van der Waals surface area contributed by atoms with Crippen molar-refractivity contribution in [1.82, 2.24) is 24.1 Å². The standard InChI is InChI=1S/C51H33N5/c1-4-14-34(15-5-1)49-52-50(35-16-6-2-7-17-35)54-51(53-49)39-20-12-18-36(28-39)37-19-13-23-43(30-37)56-46-25-11-10-24-44(46)45-31-40-29-38-26-27-55(42-21-8-3-9-22-42)47(38)32-41(40)33-48(45)56/h1-33H. The molecule has 8 aromatic carbocycles. The molecule has 0 aliphatic rings. The third-order valence-electron chi connectivity index (χ3n) is 10.7. The lowest BCUT2D eigenvalue weighted by Crippen LogP contribution is -2.00. The van der Waals surface area contributed by atoms with Crippen molar-refractivity contribution < 1.29 is 0 Å². The van der Waals surface area contributed by atoms with Crippen molar-refractivity contribution in [3.63, 3.8) is 0 Å². The monoisotopic (exact) mass is 715 g/mol. The highest BCUT2D eigenvalue weighted by molar-refractivity contribution is 6.15. The number of benzene rings is 8. The fourth-order valence-electron chi connectivity index (χ4n) is 8.04. The summed E-state index contributed by atoms with van der Waals surface area (Å²) in [5.74, 6) is 1.93. The molecule has 0 unspecified atom stereocenters. The van der Waals surface area contributed by atoms with E-state index in [1.807, 2.05) is 60.7 Å². The molecular weight excluding hydrogens is 683 g/mol. The molecule has 5 heteroatoms. The molecule has 0 amide bonds. The first-order valence-corrected chi connectivity index (χ1v) is 18.9. The third kappa shape index (κ3) is 5.45. The number of nitrogens with zero attached hydrogens (tertiary/aromatic N) is 5. The predicted octanol–water partition coefficient (Wildman–Crippen LogP) is 12.7. The van der Waals surface area contributed by atoms with Crippen LogP contribution in [-0.4, -0.2) is 24.1 Å². The van der Waals surface area contributed by atoms with Crippen LogP contribution in [-0.2, 0) is 0 Å².